The van der Waals surface area contributed by atoms with Gasteiger partial charge in [0.25, 0.3) is 5.56 Å². The van der Waals surface area contributed by atoms with E-state index in [1.54, 1.807) is 0 Å². The van der Waals surface area contributed by atoms with Gasteiger partial charge in [-0.2, -0.15) is 4.98 Å². The number of hydrogen-bond donors (Lipinski definition) is 3. The van der Waals surface area contributed by atoms with Crippen LogP contribution in [0.15, 0.2) is 9.59 Å². The highest BCUT2D eigenvalue weighted by molar-refractivity contribution is 6.28. The Morgan fingerprint density at radius 3 is 2.68 bits per heavy atom. The smallest absolute Gasteiger partial charge is 0.332 e. The molecule has 0 spiro atoms. The number of unbranched alkanes of at least 4 members (excludes halogenated alkanes) is 2. The SMILES string of the molecule is CCCCCn1c(=O)n(CC(O)CO)c(=O)c2[nH]c(Cl)nc21. The van der Waals surface area contributed by atoms with Gasteiger partial charge in [0.1, 0.15) is 0 Å². The summed E-state index contributed by atoms with van der Waals surface area (Å²) in [5.74, 6) is 0. The first-order chi connectivity index (χ1) is 10.5. The van der Waals surface area contributed by atoms with E-state index in [2.05, 4.69) is 9.97 Å². The zero-order valence-electron chi connectivity index (χ0n) is 12.3. The highest BCUT2D eigenvalue weighted by Crippen LogP contribution is 2.10. The van der Waals surface area contributed by atoms with Gasteiger partial charge in [-0.15, -0.1) is 0 Å². The minimum atomic E-state index is -1.19. The quantitative estimate of drug-likeness (QED) is 0.491. The van der Waals surface area contributed by atoms with E-state index in [1.165, 1.54) is 4.57 Å². The van der Waals surface area contributed by atoms with Crippen molar-refractivity contribution in [3.8, 4) is 0 Å². The summed E-state index contributed by atoms with van der Waals surface area (Å²) in [6.07, 6.45) is 1.49. The monoisotopic (exact) mass is 330 g/mol. The highest BCUT2D eigenvalue weighted by Gasteiger charge is 2.18. The Kier molecular flexibility index (Phi) is 5.38. The summed E-state index contributed by atoms with van der Waals surface area (Å²) in [7, 11) is 0. The van der Waals surface area contributed by atoms with Crippen molar-refractivity contribution in [1.82, 2.24) is 19.1 Å². The van der Waals surface area contributed by atoms with Crippen molar-refractivity contribution in [3.05, 3.63) is 26.1 Å². The molecule has 1 atom stereocenters. The van der Waals surface area contributed by atoms with Crippen LogP contribution >= 0.6 is 11.6 Å². The summed E-state index contributed by atoms with van der Waals surface area (Å²) in [6, 6.07) is 0. The van der Waals surface area contributed by atoms with Crippen LogP contribution in [-0.4, -0.2) is 42.0 Å². The lowest BCUT2D eigenvalue weighted by Crippen LogP contribution is -2.43. The van der Waals surface area contributed by atoms with Crippen LogP contribution in [-0.2, 0) is 13.1 Å². The fourth-order valence-electron chi connectivity index (χ4n) is 2.29. The molecule has 2 heterocycles. The van der Waals surface area contributed by atoms with Crippen molar-refractivity contribution in [1.29, 1.82) is 0 Å². The van der Waals surface area contributed by atoms with E-state index < -0.39 is 24.0 Å². The first-order valence-corrected chi connectivity index (χ1v) is 7.55. The molecule has 0 aliphatic carbocycles. The fraction of sp³-hybridized carbons (Fsp3) is 0.615. The van der Waals surface area contributed by atoms with E-state index in [0.29, 0.717) is 6.54 Å². The van der Waals surface area contributed by atoms with Gasteiger partial charge in [-0.05, 0) is 18.0 Å². The molecule has 0 saturated heterocycles. The summed E-state index contributed by atoms with van der Waals surface area (Å²) in [6.45, 7) is 1.63. The molecule has 8 nitrogen and oxygen atoms in total. The maximum absolute atomic E-state index is 12.5. The predicted octanol–water partition coefficient (Wildman–Crippen LogP) is 0.0831. The maximum atomic E-state index is 12.5. The van der Waals surface area contributed by atoms with Gasteiger partial charge >= 0.3 is 5.69 Å². The van der Waals surface area contributed by atoms with Crippen molar-refractivity contribution in [2.75, 3.05) is 6.61 Å². The van der Waals surface area contributed by atoms with E-state index >= 15 is 0 Å². The average molecular weight is 331 g/mol. The van der Waals surface area contributed by atoms with E-state index in [4.69, 9.17) is 16.7 Å². The van der Waals surface area contributed by atoms with Gasteiger partial charge in [-0.25, -0.2) is 4.79 Å². The molecule has 0 aliphatic rings. The third-order valence-electron chi connectivity index (χ3n) is 3.42. The summed E-state index contributed by atoms with van der Waals surface area (Å²) >= 11 is 5.81. The number of halogens is 1. The second-order valence-electron chi connectivity index (χ2n) is 5.12. The predicted molar refractivity (Wildman–Crippen MR) is 82.2 cm³/mol. The minimum Gasteiger partial charge on any atom is -0.394 e. The van der Waals surface area contributed by atoms with E-state index in [0.717, 1.165) is 23.8 Å². The summed E-state index contributed by atoms with van der Waals surface area (Å²) in [5, 5.41) is 18.5. The number of imidazole rings is 1. The third-order valence-corrected chi connectivity index (χ3v) is 3.60. The van der Waals surface area contributed by atoms with Crippen molar-refractivity contribution in [3.63, 3.8) is 0 Å². The molecule has 122 valence electrons. The number of fused-ring (bicyclic) bond motifs is 1. The number of aliphatic hydroxyl groups is 2. The number of rotatable bonds is 7. The Morgan fingerprint density at radius 2 is 2.05 bits per heavy atom. The number of aromatic nitrogens is 4. The molecule has 0 radical (unpaired) electrons. The summed E-state index contributed by atoms with van der Waals surface area (Å²) < 4.78 is 2.27. The second-order valence-corrected chi connectivity index (χ2v) is 5.48. The molecule has 9 heteroatoms. The van der Waals surface area contributed by atoms with E-state index in [1.807, 2.05) is 6.92 Å². The summed E-state index contributed by atoms with van der Waals surface area (Å²) in [5.41, 5.74) is -0.847. The average Bonchev–Trinajstić information content (AvgIpc) is 2.88. The lowest BCUT2D eigenvalue weighted by Gasteiger charge is -2.13. The normalized spacial score (nSPS) is 12.9. The standard InChI is InChI=1S/C13H19ClN4O4/c1-2-3-4-5-17-10-9(15-12(14)16-10)11(21)18(13(17)22)6-8(20)7-19/h8,19-20H,2-7H2,1H3,(H,15,16). The number of nitrogens with zero attached hydrogens (tertiary/aromatic N) is 3. The van der Waals surface area contributed by atoms with Crippen molar-refractivity contribution in [2.45, 2.75) is 45.4 Å². The zero-order valence-corrected chi connectivity index (χ0v) is 13.0. The lowest BCUT2D eigenvalue weighted by molar-refractivity contribution is 0.0790. The molecule has 1 unspecified atom stereocenters. The molecular weight excluding hydrogens is 312 g/mol. The molecule has 2 aromatic rings. The minimum absolute atomic E-state index is 0.0243. The number of nitrogens with one attached hydrogen (secondary N) is 1. The Hall–Kier alpha value is -1.64. The Labute approximate surface area is 131 Å². The zero-order chi connectivity index (χ0) is 16.3. The van der Waals surface area contributed by atoms with Crippen LogP contribution < -0.4 is 11.2 Å². The van der Waals surface area contributed by atoms with Crippen LogP contribution in [0.2, 0.25) is 5.28 Å². The maximum Gasteiger partial charge on any atom is 0.332 e. The van der Waals surface area contributed by atoms with E-state index in [9.17, 15) is 14.7 Å². The second kappa shape index (κ2) is 7.08. The topological polar surface area (TPSA) is 113 Å². The molecule has 0 fully saturated rings. The van der Waals surface area contributed by atoms with Gasteiger partial charge in [-0.1, -0.05) is 19.8 Å². The third kappa shape index (κ3) is 3.23. The highest BCUT2D eigenvalue weighted by atomic mass is 35.5. The lowest BCUT2D eigenvalue weighted by atomic mass is 10.2. The molecule has 0 aromatic carbocycles. The van der Waals surface area contributed by atoms with Gasteiger partial charge in [0.2, 0.25) is 5.28 Å². The molecule has 0 aliphatic heterocycles. The van der Waals surface area contributed by atoms with Gasteiger partial charge in [0.15, 0.2) is 11.2 Å². The van der Waals surface area contributed by atoms with Gasteiger partial charge < -0.3 is 15.2 Å². The van der Waals surface area contributed by atoms with Crippen molar-refractivity contribution < 1.29 is 10.2 Å². The Morgan fingerprint density at radius 1 is 1.32 bits per heavy atom. The fourth-order valence-corrected chi connectivity index (χ4v) is 2.46. The van der Waals surface area contributed by atoms with Crippen molar-refractivity contribution >= 4 is 22.8 Å². The molecule has 0 saturated carbocycles. The number of aliphatic hydroxyl groups excluding tert-OH is 2. The largest absolute Gasteiger partial charge is 0.394 e. The van der Waals surface area contributed by atoms with Crippen LogP contribution in [0.4, 0.5) is 0 Å². The van der Waals surface area contributed by atoms with Gasteiger partial charge in [-0.3, -0.25) is 13.9 Å². The van der Waals surface area contributed by atoms with Crippen LogP contribution in [0.3, 0.4) is 0 Å². The molecule has 3 N–H and O–H groups in total. The molecule has 22 heavy (non-hydrogen) atoms. The first-order valence-electron chi connectivity index (χ1n) is 7.17. The van der Waals surface area contributed by atoms with Gasteiger partial charge in [0.05, 0.1) is 19.3 Å². The van der Waals surface area contributed by atoms with Crippen LogP contribution in [0.1, 0.15) is 26.2 Å². The van der Waals surface area contributed by atoms with Crippen LogP contribution in [0, 0.1) is 0 Å². The molecule has 2 rings (SSSR count). The number of aromatic amines is 1. The first kappa shape index (κ1) is 16.7. The van der Waals surface area contributed by atoms with E-state index in [-0.39, 0.29) is 23.0 Å². The molecule has 0 bridgehead atoms. The molecule has 2 aromatic heterocycles. The molecule has 0 amide bonds. The van der Waals surface area contributed by atoms with Gasteiger partial charge in [0, 0.05) is 6.54 Å². The van der Waals surface area contributed by atoms with Crippen LogP contribution in [0.5, 0.6) is 0 Å². The van der Waals surface area contributed by atoms with Crippen LogP contribution in [0.25, 0.3) is 11.2 Å². The summed E-state index contributed by atoms with van der Waals surface area (Å²) in [4.78, 5) is 31.5. The Balaban J connectivity index is 2.59. The Bertz CT molecular complexity index is 764. The number of H-pyrrole nitrogens is 1. The number of hydrogen-bond acceptors (Lipinski definition) is 5. The number of aryl methyl sites for hydroxylation is 1. The van der Waals surface area contributed by atoms with Crippen molar-refractivity contribution in [2.24, 2.45) is 0 Å². The molecular formula is C13H19ClN4O4.